The maximum absolute atomic E-state index is 2.46. The predicted octanol–water partition coefficient (Wildman–Crippen LogP) is 16.6. The van der Waals surface area contributed by atoms with Gasteiger partial charge in [-0.15, -0.1) is 0 Å². The zero-order valence-corrected chi connectivity index (χ0v) is 35.3. The van der Waals surface area contributed by atoms with Crippen LogP contribution in [0.5, 0.6) is 0 Å². The maximum atomic E-state index is 2.46. The molecule has 1 heteroatoms. The van der Waals surface area contributed by atoms with Gasteiger partial charge in [0.15, 0.2) is 0 Å². The van der Waals surface area contributed by atoms with Crippen LogP contribution >= 0.6 is 0 Å². The van der Waals surface area contributed by atoms with Gasteiger partial charge in [-0.25, -0.2) is 0 Å². The Hall–Kier alpha value is -6.18. The van der Waals surface area contributed by atoms with Crippen molar-refractivity contribution in [2.45, 2.75) is 70.6 Å². The lowest BCUT2D eigenvalue weighted by Gasteiger charge is -2.28. The second-order valence-corrected chi connectivity index (χ2v) is 18.7. The van der Waals surface area contributed by atoms with Gasteiger partial charge in [-0.1, -0.05) is 174 Å². The maximum Gasteiger partial charge on any atom is 0.0465 e. The van der Waals surface area contributed by atoms with Crippen molar-refractivity contribution in [3.63, 3.8) is 0 Å². The van der Waals surface area contributed by atoms with Crippen LogP contribution in [0.25, 0.3) is 55.3 Å². The summed E-state index contributed by atoms with van der Waals surface area (Å²) >= 11 is 0. The number of hydrogen-bond acceptors (Lipinski definition) is 1. The minimum absolute atomic E-state index is 0.112. The molecular formula is C59H53N. The summed E-state index contributed by atoms with van der Waals surface area (Å²) in [5.74, 6) is 3.07. The van der Waals surface area contributed by atoms with E-state index in [1.54, 1.807) is 5.56 Å². The van der Waals surface area contributed by atoms with E-state index in [-0.39, 0.29) is 5.41 Å². The molecule has 3 atom stereocenters. The first-order valence-electron chi connectivity index (χ1n) is 22.3. The fourth-order valence-corrected chi connectivity index (χ4v) is 11.5. The van der Waals surface area contributed by atoms with Gasteiger partial charge < -0.3 is 4.90 Å². The Labute approximate surface area is 356 Å². The highest BCUT2D eigenvalue weighted by atomic mass is 15.1. The molecule has 0 heterocycles. The third-order valence-electron chi connectivity index (χ3n) is 14.6. The summed E-state index contributed by atoms with van der Waals surface area (Å²) in [5.41, 5.74) is 19.4. The molecule has 8 aromatic rings. The number of benzene rings is 8. The van der Waals surface area contributed by atoms with Crippen LogP contribution in [-0.2, 0) is 5.41 Å². The van der Waals surface area contributed by atoms with E-state index in [0.29, 0.717) is 5.92 Å². The van der Waals surface area contributed by atoms with Crippen molar-refractivity contribution in [3.05, 3.63) is 198 Å². The third-order valence-corrected chi connectivity index (χ3v) is 14.6. The summed E-state index contributed by atoms with van der Waals surface area (Å²) in [6, 6.07) is 66.3. The van der Waals surface area contributed by atoms with Gasteiger partial charge in [0.25, 0.3) is 0 Å². The van der Waals surface area contributed by atoms with E-state index in [1.165, 1.54) is 103 Å². The molecule has 294 valence electrons. The summed E-state index contributed by atoms with van der Waals surface area (Å²) < 4.78 is 0. The molecule has 0 saturated heterocycles. The number of nitrogens with zero attached hydrogens (tertiary/aromatic N) is 1. The van der Waals surface area contributed by atoms with Crippen molar-refractivity contribution < 1.29 is 0 Å². The lowest BCUT2D eigenvalue weighted by atomic mass is 9.81. The van der Waals surface area contributed by atoms with Crippen LogP contribution in [0.3, 0.4) is 0 Å². The Morgan fingerprint density at radius 1 is 0.500 bits per heavy atom. The van der Waals surface area contributed by atoms with Gasteiger partial charge in [-0.05, 0) is 157 Å². The van der Waals surface area contributed by atoms with Crippen molar-refractivity contribution in [1.82, 2.24) is 0 Å². The van der Waals surface area contributed by atoms with Crippen LogP contribution in [0.4, 0.5) is 17.1 Å². The Morgan fingerprint density at radius 2 is 1.15 bits per heavy atom. The van der Waals surface area contributed by atoms with E-state index in [9.17, 15) is 0 Å². The molecule has 11 rings (SSSR count). The molecule has 3 unspecified atom stereocenters. The van der Waals surface area contributed by atoms with Crippen LogP contribution < -0.4 is 4.90 Å². The minimum atomic E-state index is -0.112. The van der Waals surface area contributed by atoms with Gasteiger partial charge in [0.2, 0.25) is 0 Å². The molecule has 0 aromatic heterocycles. The summed E-state index contributed by atoms with van der Waals surface area (Å²) in [6.07, 6.45) is 5.70. The summed E-state index contributed by atoms with van der Waals surface area (Å²) in [4.78, 5) is 2.45. The first-order chi connectivity index (χ1) is 29.3. The first kappa shape index (κ1) is 36.9. The molecule has 1 nitrogen and oxygen atoms in total. The van der Waals surface area contributed by atoms with Crippen LogP contribution in [0, 0.1) is 11.8 Å². The molecule has 0 aliphatic heterocycles. The largest absolute Gasteiger partial charge is 0.310 e. The third kappa shape index (κ3) is 6.12. The molecule has 2 bridgehead atoms. The summed E-state index contributed by atoms with van der Waals surface area (Å²) in [5, 5.41) is 2.53. The van der Waals surface area contributed by atoms with Gasteiger partial charge in [0.1, 0.15) is 0 Å². The molecule has 8 aromatic carbocycles. The number of rotatable bonds is 8. The molecule has 0 N–H and O–H groups in total. The Kier molecular flexibility index (Phi) is 8.92. The van der Waals surface area contributed by atoms with Gasteiger partial charge in [-0.3, -0.25) is 0 Å². The second-order valence-electron chi connectivity index (χ2n) is 18.7. The van der Waals surface area contributed by atoms with Crippen molar-refractivity contribution in [2.75, 3.05) is 4.90 Å². The van der Waals surface area contributed by atoms with Gasteiger partial charge in [-0.2, -0.15) is 0 Å². The first-order valence-corrected chi connectivity index (χ1v) is 22.3. The molecule has 60 heavy (non-hydrogen) atoms. The molecule has 0 radical (unpaired) electrons. The van der Waals surface area contributed by atoms with Crippen molar-refractivity contribution in [3.8, 4) is 44.5 Å². The van der Waals surface area contributed by atoms with Gasteiger partial charge >= 0.3 is 0 Å². The molecule has 2 fully saturated rings. The standard InChI is InChI=1S/C59H53N/c1-38(2)50-15-10-16-55-58(50)53-34-32-49(37-56(53)59(55,3)4)60(47-28-23-41(24-29-47)40-19-21-44(22-20-40)54-36-39-17-18-46(54)35-39)48-30-25-43(26-31-48)52-33-27-42-11-8-9-14-51(42)57(52)45-12-6-5-7-13-45/h5-16,19-34,37-39,46,54H,17-18,35-36H2,1-4H3. The Morgan fingerprint density at radius 3 is 1.83 bits per heavy atom. The van der Waals surface area contributed by atoms with Crippen molar-refractivity contribution in [1.29, 1.82) is 0 Å². The van der Waals surface area contributed by atoms with E-state index < -0.39 is 0 Å². The molecule has 2 saturated carbocycles. The Balaban J connectivity index is 0.996. The van der Waals surface area contributed by atoms with Gasteiger partial charge in [0, 0.05) is 22.5 Å². The fourth-order valence-electron chi connectivity index (χ4n) is 11.5. The van der Waals surface area contributed by atoms with Crippen molar-refractivity contribution >= 4 is 27.8 Å². The molecule has 0 spiro atoms. The van der Waals surface area contributed by atoms with Crippen LogP contribution in [0.15, 0.2) is 176 Å². The highest BCUT2D eigenvalue weighted by Gasteiger charge is 2.40. The average molecular weight is 776 g/mol. The predicted molar refractivity (Wildman–Crippen MR) is 255 cm³/mol. The highest BCUT2D eigenvalue weighted by Crippen LogP contribution is 2.54. The Bertz CT molecular complexity index is 2860. The number of hydrogen-bond donors (Lipinski definition) is 0. The topological polar surface area (TPSA) is 3.24 Å². The summed E-state index contributed by atoms with van der Waals surface area (Å²) in [7, 11) is 0. The molecular weight excluding hydrogens is 723 g/mol. The number of anilines is 3. The normalized spacial score (nSPS) is 18.5. The average Bonchev–Trinajstić information content (AvgIpc) is 4.00. The lowest BCUT2D eigenvalue weighted by Crippen LogP contribution is -2.16. The van der Waals surface area contributed by atoms with E-state index in [1.807, 2.05) is 0 Å². The SMILES string of the molecule is CC(C)c1cccc2c1-c1ccc(N(c3ccc(-c4ccc(C5CC6CCC5C6)cc4)cc3)c3ccc(-c4ccc5ccccc5c4-c4ccccc4)cc3)cc1C2(C)C. The fraction of sp³-hybridized carbons (Fsp3) is 0.220. The zero-order valence-electron chi connectivity index (χ0n) is 35.3. The van der Waals surface area contributed by atoms with E-state index >= 15 is 0 Å². The zero-order chi connectivity index (χ0) is 40.5. The van der Waals surface area contributed by atoms with Crippen molar-refractivity contribution in [2.24, 2.45) is 11.8 Å². The van der Waals surface area contributed by atoms with Crippen LogP contribution in [0.2, 0.25) is 0 Å². The van der Waals surface area contributed by atoms with Gasteiger partial charge in [0.05, 0.1) is 0 Å². The monoisotopic (exact) mass is 775 g/mol. The van der Waals surface area contributed by atoms with E-state index in [4.69, 9.17) is 0 Å². The molecule has 3 aliphatic rings. The smallest absolute Gasteiger partial charge is 0.0465 e. The minimum Gasteiger partial charge on any atom is -0.310 e. The quantitative estimate of drug-likeness (QED) is 0.149. The lowest BCUT2D eigenvalue weighted by molar-refractivity contribution is 0.420. The van der Waals surface area contributed by atoms with Crippen LogP contribution in [-0.4, -0.2) is 0 Å². The second kappa shape index (κ2) is 14.5. The van der Waals surface area contributed by atoms with E-state index in [2.05, 4.69) is 209 Å². The van der Waals surface area contributed by atoms with Crippen LogP contribution in [0.1, 0.15) is 87.5 Å². The highest BCUT2D eigenvalue weighted by molar-refractivity contribution is 6.04. The molecule has 3 aliphatic carbocycles. The summed E-state index contributed by atoms with van der Waals surface area (Å²) in [6.45, 7) is 9.43. The van der Waals surface area contributed by atoms with E-state index in [0.717, 1.165) is 29.1 Å². The molecule has 0 amide bonds. The number of fused-ring (bicyclic) bond motifs is 6.